The zero-order chi connectivity index (χ0) is 22.3. The van der Waals surface area contributed by atoms with Crippen LogP contribution in [0.2, 0.25) is 0 Å². The van der Waals surface area contributed by atoms with E-state index < -0.39 is 6.36 Å². The van der Waals surface area contributed by atoms with Crippen molar-refractivity contribution in [1.82, 2.24) is 19.7 Å². The zero-order valence-electron chi connectivity index (χ0n) is 17.3. The molecule has 0 unspecified atom stereocenters. The van der Waals surface area contributed by atoms with Crippen molar-refractivity contribution >= 4 is 22.4 Å². The Bertz CT molecular complexity index is 1270. The first-order valence-electron chi connectivity index (χ1n) is 10.2. The van der Waals surface area contributed by atoms with Crippen molar-refractivity contribution in [2.24, 2.45) is 13.0 Å². The molecule has 0 atom stereocenters. The summed E-state index contributed by atoms with van der Waals surface area (Å²) in [5.74, 6) is 0.265. The molecule has 32 heavy (non-hydrogen) atoms. The largest absolute Gasteiger partial charge is 0.573 e. The lowest BCUT2D eigenvalue weighted by Crippen LogP contribution is -2.21. The maximum absolute atomic E-state index is 12.7. The van der Waals surface area contributed by atoms with Gasteiger partial charge in [0.25, 0.3) is 0 Å². The molecular formula is C23H20F3N5O. The quantitative estimate of drug-likeness (QED) is 0.398. The number of aryl methyl sites for hydroxylation is 1. The van der Waals surface area contributed by atoms with E-state index in [1.165, 1.54) is 12.1 Å². The molecule has 0 spiro atoms. The third kappa shape index (κ3) is 4.51. The van der Waals surface area contributed by atoms with Crippen LogP contribution in [0.25, 0.3) is 22.3 Å². The molecule has 6 nitrogen and oxygen atoms in total. The second kappa shape index (κ2) is 7.81. The van der Waals surface area contributed by atoms with Gasteiger partial charge in [0.15, 0.2) is 0 Å². The fourth-order valence-electron chi connectivity index (χ4n) is 3.63. The molecule has 0 saturated heterocycles. The van der Waals surface area contributed by atoms with Gasteiger partial charge in [0, 0.05) is 42.8 Å². The van der Waals surface area contributed by atoms with E-state index >= 15 is 0 Å². The Kier molecular flexibility index (Phi) is 4.96. The lowest BCUT2D eigenvalue weighted by Gasteiger charge is -2.26. The van der Waals surface area contributed by atoms with Crippen molar-refractivity contribution in [3.8, 4) is 17.0 Å². The summed E-state index contributed by atoms with van der Waals surface area (Å²) < 4.78 is 44.0. The van der Waals surface area contributed by atoms with E-state index in [0.29, 0.717) is 29.4 Å². The highest BCUT2D eigenvalue weighted by Gasteiger charge is 2.31. The molecule has 0 bridgehead atoms. The molecule has 9 heteroatoms. The van der Waals surface area contributed by atoms with Crippen LogP contribution in [-0.2, 0) is 7.05 Å². The second-order valence-corrected chi connectivity index (χ2v) is 7.93. The van der Waals surface area contributed by atoms with E-state index in [2.05, 4.69) is 14.8 Å². The minimum absolute atomic E-state index is 0.241. The van der Waals surface area contributed by atoms with Gasteiger partial charge in [0.05, 0.1) is 29.1 Å². The number of halogens is 3. The average molecular weight is 439 g/mol. The maximum Gasteiger partial charge on any atom is 0.573 e. The Morgan fingerprint density at radius 1 is 1.06 bits per heavy atom. The van der Waals surface area contributed by atoms with E-state index in [0.717, 1.165) is 29.6 Å². The van der Waals surface area contributed by atoms with E-state index in [-0.39, 0.29) is 5.75 Å². The minimum Gasteiger partial charge on any atom is -0.406 e. The Hall–Kier alpha value is -3.62. The molecule has 5 rings (SSSR count). The monoisotopic (exact) mass is 439 g/mol. The number of ether oxygens (including phenoxy) is 1. The molecule has 4 aromatic rings. The smallest absolute Gasteiger partial charge is 0.406 e. The predicted octanol–water partition coefficient (Wildman–Crippen LogP) is 5.48. The van der Waals surface area contributed by atoms with Gasteiger partial charge in [-0.05, 0) is 49.1 Å². The predicted molar refractivity (Wildman–Crippen MR) is 115 cm³/mol. The molecule has 164 valence electrons. The van der Waals surface area contributed by atoms with Crippen LogP contribution in [0.3, 0.4) is 0 Å². The number of alkyl halides is 3. The van der Waals surface area contributed by atoms with Crippen LogP contribution in [0.5, 0.6) is 5.75 Å². The van der Waals surface area contributed by atoms with Gasteiger partial charge in [-0.25, -0.2) is 4.98 Å². The van der Waals surface area contributed by atoms with Gasteiger partial charge in [-0.3, -0.25) is 9.67 Å². The normalized spacial score (nSPS) is 14.0. The molecule has 2 aromatic heterocycles. The van der Waals surface area contributed by atoms with Gasteiger partial charge in [-0.2, -0.15) is 5.10 Å². The van der Waals surface area contributed by atoms with Crippen molar-refractivity contribution in [2.75, 3.05) is 11.4 Å². The van der Waals surface area contributed by atoms with Crippen LogP contribution in [0.15, 0.2) is 61.1 Å². The van der Waals surface area contributed by atoms with E-state index in [4.69, 9.17) is 4.98 Å². The van der Waals surface area contributed by atoms with E-state index in [1.54, 1.807) is 29.2 Å². The Balaban J connectivity index is 1.53. The third-order valence-electron chi connectivity index (χ3n) is 5.34. The number of benzene rings is 2. The summed E-state index contributed by atoms with van der Waals surface area (Å²) in [5, 5.41) is 4.18. The summed E-state index contributed by atoms with van der Waals surface area (Å²) in [6.45, 7) is 0.705. The van der Waals surface area contributed by atoms with Crippen molar-refractivity contribution in [3.63, 3.8) is 0 Å². The molecular weight excluding hydrogens is 419 g/mol. The molecule has 0 aliphatic heterocycles. The van der Waals surface area contributed by atoms with E-state index in [1.807, 2.05) is 36.3 Å². The first kappa shape index (κ1) is 20.3. The van der Waals surface area contributed by atoms with E-state index in [9.17, 15) is 13.2 Å². The lowest BCUT2D eigenvalue weighted by molar-refractivity contribution is -0.274. The molecule has 0 amide bonds. The van der Waals surface area contributed by atoms with Crippen molar-refractivity contribution in [1.29, 1.82) is 0 Å². The van der Waals surface area contributed by atoms with Crippen LogP contribution < -0.4 is 9.64 Å². The first-order chi connectivity index (χ1) is 15.3. The zero-order valence-corrected chi connectivity index (χ0v) is 17.3. The fourth-order valence-corrected chi connectivity index (χ4v) is 3.63. The molecule has 2 heterocycles. The van der Waals surface area contributed by atoms with Crippen molar-refractivity contribution < 1.29 is 17.9 Å². The summed E-state index contributed by atoms with van der Waals surface area (Å²) in [4.78, 5) is 11.3. The topological polar surface area (TPSA) is 56.1 Å². The fraction of sp³-hybridized carbons (Fsp3) is 0.261. The SMILES string of the molecule is Cn1cc(-c2cnc3ccc(N(CC4CC4)c4cccc(OC(F)(F)F)c4)cc3n2)cn1. The number of rotatable bonds is 6. The number of aromatic nitrogens is 4. The van der Waals surface area contributed by atoms with Gasteiger partial charge in [-0.1, -0.05) is 6.07 Å². The van der Waals surface area contributed by atoms with Gasteiger partial charge in [0.2, 0.25) is 0 Å². The van der Waals surface area contributed by atoms with Crippen LogP contribution in [-0.4, -0.2) is 32.7 Å². The lowest BCUT2D eigenvalue weighted by atomic mass is 10.2. The van der Waals surface area contributed by atoms with Crippen LogP contribution >= 0.6 is 0 Å². The van der Waals surface area contributed by atoms with Crippen molar-refractivity contribution in [3.05, 3.63) is 61.1 Å². The standard InChI is InChI=1S/C23H20F3N5O/c1-30-14-16(11-28-30)22-12-27-20-8-7-18(10-21(20)29-22)31(13-15-5-6-15)17-3-2-4-19(9-17)32-23(24,25)26/h2-4,7-12,14-15H,5-6,13H2,1H3. The van der Waals surface area contributed by atoms with Gasteiger partial charge < -0.3 is 9.64 Å². The number of fused-ring (bicyclic) bond motifs is 1. The maximum atomic E-state index is 12.7. The number of hydrogen-bond donors (Lipinski definition) is 0. The summed E-state index contributed by atoms with van der Waals surface area (Å²) in [5.41, 5.74) is 4.48. The summed E-state index contributed by atoms with van der Waals surface area (Å²) >= 11 is 0. The van der Waals surface area contributed by atoms with Gasteiger partial charge in [0.1, 0.15) is 5.75 Å². The summed E-state index contributed by atoms with van der Waals surface area (Å²) in [7, 11) is 1.84. The second-order valence-electron chi connectivity index (χ2n) is 7.93. The van der Waals surface area contributed by atoms with Crippen LogP contribution in [0.1, 0.15) is 12.8 Å². The average Bonchev–Trinajstić information content (AvgIpc) is 3.48. The van der Waals surface area contributed by atoms with Crippen molar-refractivity contribution in [2.45, 2.75) is 19.2 Å². The molecule has 1 fully saturated rings. The minimum atomic E-state index is -4.73. The molecule has 1 aliphatic rings. The highest BCUT2D eigenvalue weighted by atomic mass is 19.4. The van der Waals surface area contributed by atoms with Gasteiger partial charge in [-0.15, -0.1) is 13.2 Å². The third-order valence-corrected chi connectivity index (χ3v) is 5.34. The Morgan fingerprint density at radius 2 is 1.88 bits per heavy atom. The summed E-state index contributed by atoms with van der Waals surface area (Å²) in [6.07, 6.45) is 2.78. The highest BCUT2D eigenvalue weighted by molar-refractivity contribution is 5.82. The molecule has 1 aliphatic carbocycles. The Morgan fingerprint density at radius 3 is 2.59 bits per heavy atom. The molecule has 0 radical (unpaired) electrons. The number of anilines is 2. The first-order valence-corrected chi connectivity index (χ1v) is 10.2. The summed E-state index contributed by atoms with van der Waals surface area (Å²) in [6, 6.07) is 11.8. The Labute approximate surface area is 182 Å². The number of nitrogens with zero attached hydrogens (tertiary/aromatic N) is 5. The van der Waals surface area contributed by atoms with Crippen LogP contribution in [0, 0.1) is 5.92 Å². The van der Waals surface area contributed by atoms with Crippen LogP contribution in [0.4, 0.5) is 24.5 Å². The molecule has 2 aromatic carbocycles. The molecule has 0 N–H and O–H groups in total. The van der Waals surface area contributed by atoms with Gasteiger partial charge >= 0.3 is 6.36 Å². The number of hydrogen-bond acceptors (Lipinski definition) is 5. The molecule has 1 saturated carbocycles. The highest BCUT2D eigenvalue weighted by Crippen LogP contribution is 2.37.